The van der Waals surface area contributed by atoms with Crippen molar-refractivity contribution < 1.29 is 4.39 Å². The first-order chi connectivity index (χ1) is 10.3. The largest absolute Gasteiger partial charge is 0.248 e. The van der Waals surface area contributed by atoms with Crippen molar-refractivity contribution in [3.8, 4) is 11.1 Å². The summed E-state index contributed by atoms with van der Waals surface area (Å²) in [6.45, 7) is 0. The second-order valence-corrected chi connectivity index (χ2v) is 5.23. The highest BCUT2D eigenvalue weighted by Crippen LogP contribution is 2.40. The van der Waals surface area contributed by atoms with E-state index in [1.54, 1.807) is 6.07 Å². The minimum Gasteiger partial charge on any atom is -0.248 e. The Morgan fingerprint density at radius 3 is 2.52 bits per heavy atom. The SMILES string of the molecule is Fc1cccc2c1-c1c3c(ccc1=N2)=c1ccccc1=N3. The van der Waals surface area contributed by atoms with Crippen molar-refractivity contribution in [1.82, 2.24) is 0 Å². The van der Waals surface area contributed by atoms with Crippen LogP contribution in [0.5, 0.6) is 0 Å². The van der Waals surface area contributed by atoms with Gasteiger partial charge in [-0.25, -0.2) is 14.4 Å². The molecule has 2 heterocycles. The predicted octanol–water partition coefficient (Wildman–Crippen LogP) is 3.31. The normalized spacial score (nSPS) is 12.8. The Labute approximate surface area is 119 Å². The monoisotopic (exact) mass is 272 g/mol. The molecule has 0 saturated carbocycles. The quantitative estimate of drug-likeness (QED) is 0.413. The predicted molar refractivity (Wildman–Crippen MR) is 77.6 cm³/mol. The number of halogens is 1. The summed E-state index contributed by atoms with van der Waals surface area (Å²) in [6, 6.07) is 17.0. The van der Waals surface area contributed by atoms with E-state index in [4.69, 9.17) is 4.99 Å². The highest BCUT2D eigenvalue weighted by Gasteiger charge is 2.22. The van der Waals surface area contributed by atoms with Crippen molar-refractivity contribution in [2.45, 2.75) is 0 Å². The zero-order chi connectivity index (χ0) is 14.0. The van der Waals surface area contributed by atoms with Gasteiger partial charge in [0.25, 0.3) is 0 Å². The molecule has 0 bridgehead atoms. The zero-order valence-electron chi connectivity index (χ0n) is 11.0. The lowest BCUT2D eigenvalue weighted by molar-refractivity contribution is 0.632. The molecule has 0 amide bonds. The molecular weight excluding hydrogens is 263 g/mol. The van der Waals surface area contributed by atoms with Gasteiger partial charge in [0.1, 0.15) is 5.82 Å². The third-order valence-corrected chi connectivity index (χ3v) is 4.06. The molecule has 3 aromatic carbocycles. The van der Waals surface area contributed by atoms with Crippen LogP contribution in [0.3, 0.4) is 0 Å². The Morgan fingerprint density at radius 2 is 1.57 bits per heavy atom. The van der Waals surface area contributed by atoms with Gasteiger partial charge in [0.05, 0.1) is 22.1 Å². The average Bonchev–Trinajstić information content (AvgIpc) is 3.05. The average molecular weight is 272 g/mol. The van der Waals surface area contributed by atoms with E-state index in [0.29, 0.717) is 11.3 Å². The van der Waals surface area contributed by atoms with Crippen LogP contribution in [0.2, 0.25) is 0 Å². The molecule has 2 aliphatic rings. The van der Waals surface area contributed by atoms with Crippen molar-refractivity contribution in [1.29, 1.82) is 0 Å². The Balaban J connectivity index is 2.03. The third kappa shape index (κ3) is 1.30. The minimum atomic E-state index is -0.241. The highest BCUT2D eigenvalue weighted by atomic mass is 19.1. The molecule has 3 heteroatoms. The number of rotatable bonds is 0. The lowest BCUT2D eigenvalue weighted by atomic mass is 10.0. The van der Waals surface area contributed by atoms with Crippen molar-refractivity contribution in [3.63, 3.8) is 0 Å². The summed E-state index contributed by atoms with van der Waals surface area (Å²) in [7, 11) is 0. The van der Waals surface area contributed by atoms with E-state index in [2.05, 4.69) is 4.99 Å². The number of benzene rings is 3. The number of nitrogens with zero attached hydrogens (tertiary/aromatic N) is 2. The molecule has 0 aliphatic carbocycles. The molecule has 0 atom stereocenters. The van der Waals surface area contributed by atoms with E-state index in [9.17, 15) is 4.39 Å². The van der Waals surface area contributed by atoms with Gasteiger partial charge in [0.2, 0.25) is 0 Å². The number of para-hydroxylation sites is 1. The Bertz CT molecular complexity index is 1150. The summed E-state index contributed by atoms with van der Waals surface area (Å²) in [4.78, 5) is 9.22. The molecule has 0 spiro atoms. The number of fused-ring (bicyclic) bond motifs is 6. The maximum atomic E-state index is 14.3. The molecule has 2 aliphatic heterocycles. The molecular formula is C18H9FN2. The maximum Gasteiger partial charge on any atom is 0.133 e. The Hall–Kier alpha value is -2.81. The molecule has 0 unspecified atom stereocenters. The minimum absolute atomic E-state index is 0.241. The molecule has 0 N–H and O–H groups in total. The van der Waals surface area contributed by atoms with Gasteiger partial charge in [-0.1, -0.05) is 24.3 Å². The summed E-state index contributed by atoms with van der Waals surface area (Å²) >= 11 is 0. The van der Waals surface area contributed by atoms with Gasteiger partial charge >= 0.3 is 0 Å². The maximum absolute atomic E-state index is 14.3. The van der Waals surface area contributed by atoms with E-state index in [1.807, 2.05) is 42.5 Å². The van der Waals surface area contributed by atoms with E-state index >= 15 is 0 Å². The summed E-state index contributed by atoms with van der Waals surface area (Å²) < 4.78 is 14.3. The van der Waals surface area contributed by atoms with Crippen LogP contribution in [0, 0.1) is 16.3 Å². The van der Waals surface area contributed by atoms with Crippen molar-refractivity contribution >= 4 is 11.4 Å². The number of hydrogen-bond acceptors (Lipinski definition) is 2. The summed E-state index contributed by atoms with van der Waals surface area (Å²) in [5.41, 5.74) is 2.91. The van der Waals surface area contributed by atoms with Crippen LogP contribution >= 0.6 is 0 Å². The fraction of sp³-hybridized carbons (Fsp3) is 0. The van der Waals surface area contributed by atoms with Gasteiger partial charge in [0, 0.05) is 21.6 Å². The van der Waals surface area contributed by atoms with Gasteiger partial charge in [-0.2, -0.15) is 0 Å². The van der Waals surface area contributed by atoms with Crippen LogP contribution in [-0.2, 0) is 0 Å². The second-order valence-electron chi connectivity index (χ2n) is 5.23. The number of hydrogen-bond donors (Lipinski definition) is 0. The highest BCUT2D eigenvalue weighted by molar-refractivity contribution is 5.87. The fourth-order valence-electron chi connectivity index (χ4n) is 3.16. The molecule has 0 fully saturated rings. The Morgan fingerprint density at radius 1 is 0.667 bits per heavy atom. The van der Waals surface area contributed by atoms with Crippen LogP contribution in [0.25, 0.3) is 11.1 Å². The van der Waals surface area contributed by atoms with E-state index < -0.39 is 0 Å². The van der Waals surface area contributed by atoms with E-state index in [0.717, 1.165) is 32.4 Å². The zero-order valence-corrected chi connectivity index (χ0v) is 11.0. The Kier molecular flexibility index (Phi) is 1.89. The van der Waals surface area contributed by atoms with E-state index in [1.165, 1.54) is 6.07 Å². The third-order valence-electron chi connectivity index (χ3n) is 4.06. The smallest absolute Gasteiger partial charge is 0.133 e. The molecule has 2 nitrogen and oxygen atoms in total. The summed E-state index contributed by atoms with van der Waals surface area (Å²) in [5, 5.41) is 3.88. The van der Waals surface area contributed by atoms with Crippen LogP contribution in [0.1, 0.15) is 0 Å². The van der Waals surface area contributed by atoms with Crippen LogP contribution in [-0.4, -0.2) is 0 Å². The van der Waals surface area contributed by atoms with Gasteiger partial charge in [-0.3, -0.25) is 0 Å². The molecule has 0 aromatic heterocycles. The molecule has 0 radical (unpaired) electrons. The van der Waals surface area contributed by atoms with Crippen LogP contribution in [0.4, 0.5) is 15.8 Å². The lowest BCUT2D eigenvalue weighted by Gasteiger charge is -2.03. The standard InChI is InChI=1S/C18H9FN2/c19-12-5-3-7-14-16(12)17-15(20-14)9-8-11-10-4-1-2-6-13(10)21-18(11)17/h1-9H. The van der Waals surface area contributed by atoms with Crippen LogP contribution < -0.4 is 10.7 Å². The van der Waals surface area contributed by atoms with Gasteiger partial charge in [-0.15, -0.1) is 0 Å². The van der Waals surface area contributed by atoms with Gasteiger partial charge in [0.15, 0.2) is 0 Å². The topological polar surface area (TPSA) is 24.7 Å². The molecule has 3 aromatic rings. The first kappa shape index (κ1) is 10.9. The van der Waals surface area contributed by atoms with Crippen molar-refractivity contribution in [3.05, 3.63) is 81.6 Å². The summed E-state index contributed by atoms with van der Waals surface area (Å²) in [6.07, 6.45) is 0. The van der Waals surface area contributed by atoms with Gasteiger partial charge in [-0.05, 0) is 30.3 Å². The second kappa shape index (κ2) is 3.64. The molecule has 0 saturated heterocycles. The summed E-state index contributed by atoms with van der Waals surface area (Å²) in [5.74, 6) is -0.241. The molecule has 21 heavy (non-hydrogen) atoms. The van der Waals surface area contributed by atoms with Crippen molar-refractivity contribution in [2.24, 2.45) is 9.98 Å². The van der Waals surface area contributed by atoms with Crippen LogP contribution in [0.15, 0.2) is 64.6 Å². The lowest BCUT2D eigenvalue weighted by Crippen LogP contribution is -2.00. The first-order valence-electron chi connectivity index (χ1n) is 6.82. The molecule has 5 rings (SSSR count). The van der Waals surface area contributed by atoms with E-state index in [-0.39, 0.29) is 5.82 Å². The fourth-order valence-corrected chi connectivity index (χ4v) is 3.16. The van der Waals surface area contributed by atoms with Gasteiger partial charge < -0.3 is 0 Å². The first-order valence-corrected chi connectivity index (χ1v) is 6.82. The van der Waals surface area contributed by atoms with Crippen molar-refractivity contribution in [2.75, 3.05) is 0 Å². The molecule has 98 valence electrons.